The van der Waals surface area contributed by atoms with E-state index in [0.29, 0.717) is 35.6 Å². The maximum Gasteiger partial charge on any atom is 0.225 e. The third kappa shape index (κ3) is 6.31. The van der Waals surface area contributed by atoms with Crippen molar-refractivity contribution in [1.29, 1.82) is 0 Å². The molecule has 0 spiro atoms. The number of carbonyl (C=O) groups excluding carboxylic acids is 1. The van der Waals surface area contributed by atoms with Crippen molar-refractivity contribution in [3.8, 4) is 5.75 Å². The van der Waals surface area contributed by atoms with E-state index in [9.17, 15) is 4.79 Å². The Morgan fingerprint density at radius 1 is 1.15 bits per heavy atom. The summed E-state index contributed by atoms with van der Waals surface area (Å²) in [4.78, 5) is 20.1. The first-order valence-corrected chi connectivity index (χ1v) is 10.8. The molecule has 4 rings (SSSR count). The van der Waals surface area contributed by atoms with Crippen molar-refractivity contribution in [1.82, 2.24) is 30.6 Å². The number of H-pyrrole nitrogens is 1. The Balaban J connectivity index is 1.29. The minimum atomic E-state index is -0.128. The number of benzene rings is 1. The second kappa shape index (κ2) is 10.9. The Hall–Kier alpha value is -4.41. The predicted molar refractivity (Wildman–Crippen MR) is 126 cm³/mol. The number of rotatable bonds is 11. The number of hydrogen-bond donors (Lipinski definition) is 4. The zero-order chi connectivity index (χ0) is 23.8. The zero-order valence-corrected chi connectivity index (χ0v) is 19.0. The molecule has 3 aromatic heterocycles. The lowest BCUT2D eigenvalue weighted by atomic mass is 10.1. The van der Waals surface area contributed by atoms with Crippen LogP contribution in [0.15, 0.2) is 53.2 Å². The number of nitrogens with zero attached hydrogens (tertiary/aromatic N) is 4. The number of aryl methyl sites for hydroxylation is 2. The fourth-order valence-electron chi connectivity index (χ4n) is 3.25. The first-order valence-electron chi connectivity index (χ1n) is 10.8. The van der Waals surface area contributed by atoms with Crippen molar-refractivity contribution >= 4 is 23.5 Å². The lowest BCUT2D eigenvalue weighted by Crippen LogP contribution is -2.19. The van der Waals surface area contributed by atoms with Crippen LogP contribution in [0, 0.1) is 0 Å². The quantitative estimate of drug-likeness (QED) is 0.264. The van der Waals surface area contributed by atoms with Gasteiger partial charge in [-0.05, 0) is 36.6 Å². The van der Waals surface area contributed by atoms with Crippen LogP contribution in [-0.4, -0.2) is 45.4 Å². The van der Waals surface area contributed by atoms with Gasteiger partial charge in [0, 0.05) is 31.1 Å². The average Bonchev–Trinajstić information content (AvgIpc) is 3.51. The molecule has 0 saturated carbocycles. The topological polar surface area (TPSA) is 143 Å². The van der Waals surface area contributed by atoms with Gasteiger partial charge in [0.1, 0.15) is 11.6 Å². The normalized spacial score (nSPS) is 10.6. The standard InChI is InChI=1S/C23H26N8O3/c1-24-22(32)13-17-11-19(34-31-17)14-26-23-25-9-8-20(28-23)27-21-12-16(29-30-21)7-6-15-4-3-5-18(10-15)33-2/h3-5,8-12H,6-7,13-14H2,1-2H3,(H,24,32)(H3,25,26,27,28,29,30). The molecule has 0 aliphatic carbocycles. The molecule has 0 saturated heterocycles. The molecule has 11 heteroatoms. The molecule has 3 heterocycles. The molecule has 4 aromatic rings. The van der Waals surface area contributed by atoms with Gasteiger partial charge in [0.05, 0.1) is 25.8 Å². The third-order valence-corrected chi connectivity index (χ3v) is 5.01. The zero-order valence-electron chi connectivity index (χ0n) is 19.0. The summed E-state index contributed by atoms with van der Waals surface area (Å²) in [5, 5.41) is 20.1. The van der Waals surface area contributed by atoms with E-state index in [1.54, 1.807) is 32.5 Å². The van der Waals surface area contributed by atoms with Crippen molar-refractivity contribution < 1.29 is 14.1 Å². The lowest BCUT2D eigenvalue weighted by molar-refractivity contribution is -0.120. The summed E-state index contributed by atoms with van der Waals surface area (Å²) in [7, 11) is 3.25. The fourth-order valence-corrected chi connectivity index (χ4v) is 3.25. The van der Waals surface area contributed by atoms with Crippen molar-refractivity contribution in [2.45, 2.75) is 25.8 Å². The largest absolute Gasteiger partial charge is 0.497 e. The number of ether oxygens (including phenoxy) is 1. The van der Waals surface area contributed by atoms with Gasteiger partial charge in [-0.3, -0.25) is 9.89 Å². The van der Waals surface area contributed by atoms with Crippen molar-refractivity contribution in [3.63, 3.8) is 0 Å². The highest BCUT2D eigenvalue weighted by atomic mass is 16.5. The number of nitrogens with one attached hydrogen (secondary N) is 4. The van der Waals surface area contributed by atoms with E-state index in [1.807, 2.05) is 24.3 Å². The summed E-state index contributed by atoms with van der Waals surface area (Å²) in [6.07, 6.45) is 3.50. The minimum absolute atomic E-state index is 0.128. The van der Waals surface area contributed by atoms with Crippen LogP contribution in [-0.2, 0) is 30.6 Å². The van der Waals surface area contributed by atoms with E-state index >= 15 is 0 Å². The van der Waals surface area contributed by atoms with Gasteiger partial charge in [0.15, 0.2) is 11.6 Å². The molecule has 4 N–H and O–H groups in total. The number of amides is 1. The smallest absolute Gasteiger partial charge is 0.225 e. The predicted octanol–water partition coefficient (Wildman–Crippen LogP) is 2.63. The van der Waals surface area contributed by atoms with Crippen LogP contribution in [0.1, 0.15) is 22.7 Å². The van der Waals surface area contributed by atoms with Gasteiger partial charge >= 0.3 is 0 Å². The SMILES string of the molecule is CNC(=O)Cc1cc(CNc2nccc(Nc3cc(CCc4cccc(OC)c4)[nH]n3)n2)on1. The molecule has 0 bridgehead atoms. The average molecular weight is 463 g/mol. The highest BCUT2D eigenvalue weighted by molar-refractivity contribution is 5.77. The minimum Gasteiger partial charge on any atom is -0.497 e. The highest BCUT2D eigenvalue weighted by Gasteiger charge is 2.09. The van der Waals surface area contributed by atoms with E-state index in [4.69, 9.17) is 9.26 Å². The van der Waals surface area contributed by atoms with Gasteiger partial charge in [-0.25, -0.2) is 4.98 Å². The summed E-state index contributed by atoms with van der Waals surface area (Å²) in [6.45, 7) is 0.334. The molecule has 0 aliphatic heterocycles. The van der Waals surface area contributed by atoms with E-state index in [0.717, 1.165) is 24.3 Å². The summed E-state index contributed by atoms with van der Waals surface area (Å²) >= 11 is 0. The Labute approximate surface area is 196 Å². The molecule has 176 valence electrons. The van der Waals surface area contributed by atoms with E-state index in [-0.39, 0.29) is 12.3 Å². The molecular weight excluding hydrogens is 436 g/mol. The number of aromatic amines is 1. The lowest BCUT2D eigenvalue weighted by Gasteiger charge is -2.05. The third-order valence-electron chi connectivity index (χ3n) is 5.01. The Kier molecular flexibility index (Phi) is 7.33. The maximum absolute atomic E-state index is 11.4. The number of carbonyl (C=O) groups is 1. The van der Waals surface area contributed by atoms with Crippen LogP contribution in [0.4, 0.5) is 17.6 Å². The van der Waals surface area contributed by atoms with Crippen LogP contribution in [0.3, 0.4) is 0 Å². The van der Waals surface area contributed by atoms with Crippen LogP contribution in [0.25, 0.3) is 0 Å². The van der Waals surface area contributed by atoms with Gasteiger partial charge in [-0.15, -0.1) is 0 Å². The van der Waals surface area contributed by atoms with E-state index < -0.39 is 0 Å². The summed E-state index contributed by atoms with van der Waals surface area (Å²) in [6, 6.07) is 13.5. The van der Waals surface area contributed by atoms with Crippen molar-refractivity contribution in [2.75, 3.05) is 24.8 Å². The number of methoxy groups -OCH3 is 1. The van der Waals surface area contributed by atoms with Gasteiger partial charge in [0.2, 0.25) is 11.9 Å². The van der Waals surface area contributed by atoms with Gasteiger partial charge < -0.3 is 25.2 Å². The van der Waals surface area contributed by atoms with Crippen molar-refractivity contribution in [3.05, 3.63) is 71.4 Å². The van der Waals surface area contributed by atoms with E-state index in [2.05, 4.69) is 47.3 Å². The highest BCUT2D eigenvalue weighted by Crippen LogP contribution is 2.17. The maximum atomic E-state index is 11.4. The molecule has 0 unspecified atom stereocenters. The second-order valence-corrected chi connectivity index (χ2v) is 7.51. The fraction of sp³-hybridized carbons (Fsp3) is 0.261. The molecule has 1 aromatic carbocycles. The summed E-state index contributed by atoms with van der Waals surface area (Å²) < 4.78 is 10.5. The Morgan fingerprint density at radius 3 is 2.91 bits per heavy atom. The van der Waals surface area contributed by atoms with E-state index in [1.165, 1.54) is 5.56 Å². The Bertz CT molecular complexity index is 1240. The van der Waals surface area contributed by atoms with Crippen LogP contribution in [0.5, 0.6) is 5.75 Å². The van der Waals surface area contributed by atoms with Gasteiger partial charge in [-0.2, -0.15) is 10.1 Å². The number of likely N-dealkylation sites (N-methyl/N-ethyl adjacent to an activating group) is 1. The van der Waals surface area contributed by atoms with Crippen molar-refractivity contribution in [2.24, 2.45) is 0 Å². The van der Waals surface area contributed by atoms with Gasteiger partial charge in [-0.1, -0.05) is 17.3 Å². The molecule has 0 fully saturated rings. The first kappa shape index (κ1) is 22.8. The molecule has 11 nitrogen and oxygen atoms in total. The Morgan fingerprint density at radius 2 is 2.06 bits per heavy atom. The van der Waals surface area contributed by atoms with Gasteiger partial charge in [0.25, 0.3) is 0 Å². The number of aromatic nitrogens is 5. The molecule has 34 heavy (non-hydrogen) atoms. The van der Waals surface area contributed by atoms with Crippen LogP contribution < -0.4 is 20.7 Å². The second-order valence-electron chi connectivity index (χ2n) is 7.51. The molecule has 1 amide bonds. The molecule has 0 atom stereocenters. The number of anilines is 3. The summed E-state index contributed by atoms with van der Waals surface area (Å²) in [5.41, 5.74) is 2.77. The van der Waals surface area contributed by atoms with Crippen LogP contribution >= 0.6 is 0 Å². The monoisotopic (exact) mass is 462 g/mol. The first-order chi connectivity index (χ1) is 16.6. The number of hydrogen-bond acceptors (Lipinski definition) is 9. The molecular formula is C23H26N8O3. The molecule has 0 radical (unpaired) electrons. The van der Waals surface area contributed by atoms with Crippen LogP contribution in [0.2, 0.25) is 0 Å². The molecule has 0 aliphatic rings. The summed E-state index contributed by atoms with van der Waals surface area (Å²) in [5.74, 6) is 2.99.